The summed E-state index contributed by atoms with van der Waals surface area (Å²) in [6, 6.07) is 0. The second-order valence-electron chi connectivity index (χ2n) is 11.6. The summed E-state index contributed by atoms with van der Waals surface area (Å²) in [6.07, 6.45) is 10.6. The van der Waals surface area contributed by atoms with E-state index < -0.39 is 23.6 Å². The number of hydrogen-bond donors (Lipinski definition) is 5. The third-order valence-electron chi connectivity index (χ3n) is 8.40. The van der Waals surface area contributed by atoms with E-state index in [1.165, 1.54) is 12.0 Å². The van der Waals surface area contributed by atoms with Crippen LogP contribution in [0.5, 0.6) is 0 Å². The fraction of sp³-hybridized carbons (Fsp3) is 0.846. The number of aliphatic hydroxyl groups is 5. The Morgan fingerprint density at radius 2 is 1.84 bits per heavy atom. The molecule has 31 heavy (non-hydrogen) atoms. The Balaban J connectivity index is 1.73. The first-order valence-electron chi connectivity index (χ1n) is 12.3. The van der Waals surface area contributed by atoms with E-state index in [-0.39, 0.29) is 11.8 Å². The molecule has 0 aromatic carbocycles. The summed E-state index contributed by atoms with van der Waals surface area (Å²) >= 11 is 0. The lowest BCUT2D eigenvalue weighted by Crippen LogP contribution is -2.38. The molecule has 5 nitrogen and oxygen atoms in total. The van der Waals surface area contributed by atoms with E-state index in [4.69, 9.17) is 0 Å². The molecule has 3 saturated carbocycles. The Morgan fingerprint density at radius 1 is 1.13 bits per heavy atom. The summed E-state index contributed by atoms with van der Waals surface area (Å²) in [7, 11) is 0. The van der Waals surface area contributed by atoms with E-state index in [0.29, 0.717) is 42.6 Å². The molecule has 0 aromatic rings. The van der Waals surface area contributed by atoms with Gasteiger partial charge in [-0.15, -0.1) is 0 Å². The molecule has 0 bridgehead atoms. The first kappa shape index (κ1) is 24.9. The highest BCUT2D eigenvalue weighted by atomic mass is 16.5. The lowest BCUT2D eigenvalue weighted by Gasteiger charge is -2.45. The third-order valence-corrected chi connectivity index (χ3v) is 8.40. The average molecular weight is 437 g/mol. The maximum atomic E-state index is 10.5. The number of fused-ring (bicyclic) bond motifs is 1. The zero-order valence-electron chi connectivity index (χ0n) is 19.8. The van der Waals surface area contributed by atoms with Crippen LogP contribution in [0.4, 0.5) is 0 Å². The molecule has 6 atom stereocenters. The molecule has 3 fully saturated rings. The van der Waals surface area contributed by atoms with Crippen molar-refractivity contribution in [1.29, 1.82) is 0 Å². The standard InChI is InChI=1S/C26H44O5/c1-17(14-21(28)16-24(2,3)29)22-9-10-23-18(6-5-12-25(22,23)4)7-8-19-15-20(27)11-13-26(19,30)31/h7-8,17,20-23,27-31H,5-6,9-16H2,1-4H3/b18-7+,19-8+/t17?,20-,21-,22+,23+,25+/m0/s1. The van der Waals surface area contributed by atoms with E-state index in [1.807, 2.05) is 6.08 Å². The molecule has 0 aromatic heterocycles. The highest BCUT2D eigenvalue weighted by molar-refractivity contribution is 5.28. The van der Waals surface area contributed by atoms with Gasteiger partial charge in [0.15, 0.2) is 5.79 Å². The van der Waals surface area contributed by atoms with Crippen molar-refractivity contribution >= 4 is 0 Å². The molecule has 0 spiro atoms. The normalized spacial score (nSPS) is 38.3. The fourth-order valence-electron chi connectivity index (χ4n) is 6.92. The quantitative estimate of drug-likeness (QED) is 0.407. The van der Waals surface area contributed by atoms with Crippen molar-refractivity contribution in [3.8, 4) is 0 Å². The molecule has 3 aliphatic carbocycles. The molecule has 178 valence electrons. The van der Waals surface area contributed by atoms with Gasteiger partial charge in [-0.25, -0.2) is 0 Å². The summed E-state index contributed by atoms with van der Waals surface area (Å²) in [5, 5.41) is 51.1. The monoisotopic (exact) mass is 436 g/mol. The second kappa shape index (κ2) is 9.26. The van der Waals surface area contributed by atoms with Crippen LogP contribution in [0.25, 0.3) is 0 Å². The van der Waals surface area contributed by atoms with E-state index in [2.05, 4.69) is 19.9 Å². The first-order valence-corrected chi connectivity index (χ1v) is 12.3. The number of allylic oxidation sites excluding steroid dienone is 3. The van der Waals surface area contributed by atoms with E-state index in [1.54, 1.807) is 13.8 Å². The Kier molecular flexibility index (Phi) is 7.44. The van der Waals surface area contributed by atoms with Crippen LogP contribution in [-0.4, -0.2) is 49.1 Å². The lowest BCUT2D eigenvalue weighted by molar-refractivity contribution is -0.152. The van der Waals surface area contributed by atoms with Crippen LogP contribution in [0.3, 0.4) is 0 Å². The minimum absolute atomic E-state index is 0.177. The van der Waals surface area contributed by atoms with Crippen LogP contribution in [-0.2, 0) is 0 Å². The van der Waals surface area contributed by atoms with Gasteiger partial charge < -0.3 is 25.5 Å². The molecule has 0 heterocycles. The van der Waals surface area contributed by atoms with Crippen LogP contribution in [0.2, 0.25) is 0 Å². The zero-order chi connectivity index (χ0) is 23.0. The van der Waals surface area contributed by atoms with Crippen molar-refractivity contribution in [2.24, 2.45) is 23.2 Å². The maximum Gasteiger partial charge on any atom is 0.186 e. The second-order valence-corrected chi connectivity index (χ2v) is 11.6. The Morgan fingerprint density at radius 3 is 2.52 bits per heavy atom. The van der Waals surface area contributed by atoms with Crippen LogP contribution >= 0.6 is 0 Å². The van der Waals surface area contributed by atoms with Gasteiger partial charge in [-0.05, 0) is 94.0 Å². The van der Waals surface area contributed by atoms with Crippen LogP contribution in [0.1, 0.15) is 91.9 Å². The van der Waals surface area contributed by atoms with Gasteiger partial charge in [-0.1, -0.05) is 31.6 Å². The molecule has 0 saturated heterocycles. The van der Waals surface area contributed by atoms with E-state index >= 15 is 0 Å². The molecule has 5 heteroatoms. The van der Waals surface area contributed by atoms with Crippen LogP contribution in [0, 0.1) is 23.2 Å². The Labute approximate surface area is 187 Å². The van der Waals surface area contributed by atoms with Crippen LogP contribution in [0.15, 0.2) is 23.3 Å². The largest absolute Gasteiger partial charge is 0.393 e. The highest BCUT2D eigenvalue weighted by Gasteiger charge is 2.50. The van der Waals surface area contributed by atoms with Gasteiger partial charge in [-0.3, -0.25) is 0 Å². The van der Waals surface area contributed by atoms with Gasteiger partial charge in [-0.2, -0.15) is 0 Å². The molecule has 5 N–H and O–H groups in total. The molecule has 3 rings (SSSR count). The van der Waals surface area contributed by atoms with Crippen molar-refractivity contribution in [3.05, 3.63) is 23.3 Å². The minimum Gasteiger partial charge on any atom is -0.393 e. The van der Waals surface area contributed by atoms with Gasteiger partial charge in [0.05, 0.1) is 17.8 Å². The van der Waals surface area contributed by atoms with Gasteiger partial charge in [0.2, 0.25) is 0 Å². The molecule has 3 aliphatic rings. The Hall–Kier alpha value is -0.720. The fourth-order valence-corrected chi connectivity index (χ4v) is 6.92. The van der Waals surface area contributed by atoms with Gasteiger partial charge in [0.25, 0.3) is 0 Å². The van der Waals surface area contributed by atoms with Crippen molar-refractivity contribution in [3.63, 3.8) is 0 Å². The summed E-state index contributed by atoms with van der Waals surface area (Å²) in [6.45, 7) is 8.15. The molecular formula is C26H44O5. The molecular weight excluding hydrogens is 392 g/mol. The number of aliphatic hydroxyl groups excluding tert-OH is 2. The van der Waals surface area contributed by atoms with E-state index in [0.717, 1.165) is 32.1 Å². The summed E-state index contributed by atoms with van der Waals surface area (Å²) in [5.41, 5.74) is 1.25. The first-order chi connectivity index (χ1) is 14.3. The smallest absolute Gasteiger partial charge is 0.186 e. The molecule has 0 radical (unpaired) electrons. The number of hydrogen-bond acceptors (Lipinski definition) is 5. The SMILES string of the molecule is CC(C[C@H](O)CC(C)(C)O)[C@H]1CC[C@@H]2/C(=C/C=C3\C[C@@H](O)CCC3(O)O)CCC[C@@]21C. The third kappa shape index (κ3) is 5.80. The predicted octanol–water partition coefficient (Wildman–Crippen LogP) is 3.83. The summed E-state index contributed by atoms with van der Waals surface area (Å²) in [5.74, 6) is -0.396. The van der Waals surface area contributed by atoms with E-state index in [9.17, 15) is 25.5 Å². The molecule has 0 aliphatic heterocycles. The van der Waals surface area contributed by atoms with Gasteiger partial charge in [0.1, 0.15) is 0 Å². The maximum absolute atomic E-state index is 10.5. The van der Waals surface area contributed by atoms with Crippen molar-refractivity contribution in [2.75, 3.05) is 0 Å². The molecule has 0 amide bonds. The minimum atomic E-state index is -1.81. The molecule has 1 unspecified atom stereocenters. The van der Waals surface area contributed by atoms with Gasteiger partial charge in [0, 0.05) is 12.8 Å². The number of rotatable bonds is 6. The van der Waals surface area contributed by atoms with Crippen LogP contribution < -0.4 is 0 Å². The lowest BCUT2D eigenvalue weighted by atomic mass is 9.60. The van der Waals surface area contributed by atoms with Crippen molar-refractivity contribution < 1.29 is 25.5 Å². The van der Waals surface area contributed by atoms with Crippen molar-refractivity contribution in [1.82, 2.24) is 0 Å². The predicted molar refractivity (Wildman–Crippen MR) is 122 cm³/mol. The average Bonchev–Trinajstić information content (AvgIpc) is 2.98. The highest BCUT2D eigenvalue weighted by Crippen LogP contribution is 2.60. The topological polar surface area (TPSA) is 101 Å². The summed E-state index contributed by atoms with van der Waals surface area (Å²) in [4.78, 5) is 0. The van der Waals surface area contributed by atoms with Gasteiger partial charge >= 0.3 is 0 Å². The van der Waals surface area contributed by atoms with Crippen molar-refractivity contribution in [2.45, 2.75) is 115 Å². The summed E-state index contributed by atoms with van der Waals surface area (Å²) < 4.78 is 0. The Bertz CT molecular complexity index is 688. The zero-order valence-corrected chi connectivity index (χ0v) is 19.8.